The number of piperazine rings is 1. The Labute approximate surface area is 193 Å². The molecule has 1 saturated heterocycles. The first-order valence-electron chi connectivity index (χ1n) is 11.2. The molecule has 0 spiro atoms. The molecule has 2 heterocycles. The van der Waals surface area contributed by atoms with E-state index in [1.165, 1.54) is 6.07 Å². The molecule has 33 heavy (non-hydrogen) atoms. The Morgan fingerprint density at radius 3 is 2.36 bits per heavy atom. The number of aryl methyl sites for hydroxylation is 1. The Hall–Kier alpha value is -3.16. The number of hydrogen-bond acceptors (Lipinski definition) is 5. The summed E-state index contributed by atoms with van der Waals surface area (Å²) in [5, 5.41) is 10.9. The molecule has 0 amide bonds. The molecule has 1 aliphatic heterocycles. The third-order valence-corrected chi connectivity index (χ3v) is 6.30. The van der Waals surface area contributed by atoms with Crippen molar-refractivity contribution in [2.45, 2.75) is 19.5 Å². The SMILES string of the molecule is COCCn1c(C)cc(O)c([C@@H](c2ccccc2)N2CCN(c3ccccc3F)CC2)c1=O. The van der Waals surface area contributed by atoms with E-state index in [-0.39, 0.29) is 17.1 Å². The molecule has 4 rings (SSSR count). The first kappa shape index (κ1) is 23.0. The fourth-order valence-corrected chi connectivity index (χ4v) is 4.61. The number of halogens is 1. The van der Waals surface area contributed by atoms with Gasteiger partial charge in [0, 0.05) is 45.5 Å². The van der Waals surface area contributed by atoms with E-state index in [9.17, 15) is 14.3 Å². The van der Waals surface area contributed by atoms with Gasteiger partial charge >= 0.3 is 0 Å². The van der Waals surface area contributed by atoms with Crippen molar-refractivity contribution in [3.63, 3.8) is 0 Å². The molecule has 0 aliphatic carbocycles. The summed E-state index contributed by atoms with van der Waals surface area (Å²) in [6.07, 6.45) is 0. The molecule has 0 saturated carbocycles. The van der Waals surface area contributed by atoms with Gasteiger partial charge in [0.05, 0.1) is 23.9 Å². The standard InChI is InChI=1S/C26H30FN3O3/c1-19-18-23(31)24(26(32)30(19)16-17-33-2)25(20-8-4-3-5-9-20)29-14-12-28(13-15-29)22-11-7-6-10-21(22)27/h3-11,18,25,31H,12-17H2,1-2H3/t25-/m1/s1. The second kappa shape index (κ2) is 10.2. The van der Waals surface area contributed by atoms with Gasteiger partial charge < -0.3 is 19.3 Å². The van der Waals surface area contributed by atoms with Gasteiger partial charge in [-0.15, -0.1) is 0 Å². The van der Waals surface area contributed by atoms with Crippen molar-refractivity contribution in [3.8, 4) is 5.75 Å². The van der Waals surface area contributed by atoms with Crippen LogP contribution in [-0.4, -0.2) is 54.5 Å². The van der Waals surface area contributed by atoms with E-state index in [2.05, 4.69) is 4.90 Å². The van der Waals surface area contributed by atoms with Gasteiger partial charge in [-0.05, 0) is 30.7 Å². The predicted molar refractivity (Wildman–Crippen MR) is 127 cm³/mol. The number of methoxy groups -OCH3 is 1. The topological polar surface area (TPSA) is 57.9 Å². The monoisotopic (exact) mass is 451 g/mol. The number of para-hydroxylation sites is 1. The van der Waals surface area contributed by atoms with Crippen molar-refractivity contribution in [1.29, 1.82) is 0 Å². The van der Waals surface area contributed by atoms with Gasteiger partial charge in [0.2, 0.25) is 0 Å². The average molecular weight is 452 g/mol. The van der Waals surface area contributed by atoms with Crippen LogP contribution in [0.25, 0.3) is 0 Å². The summed E-state index contributed by atoms with van der Waals surface area (Å²) in [5.74, 6) is -0.237. The number of aromatic hydroxyl groups is 1. The molecule has 1 aromatic heterocycles. The second-order valence-corrected chi connectivity index (χ2v) is 8.32. The Morgan fingerprint density at radius 1 is 1.03 bits per heavy atom. The molecular weight excluding hydrogens is 421 g/mol. The summed E-state index contributed by atoms with van der Waals surface area (Å²) in [4.78, 5) is 17.8. The summed E-state index contributed by atoms with van der Waals surface area (Å²) in [6.45, 7) is 5.12. The molecular formula is C26H30FN3O3. The lowest BCUT2D eigenvalue weighted by Crippen LogP contribution is -2.49. The van der Waals surface area contributed by atoms with E-state index in [0.717, 1.165) is 5.56 Å². The largest absolute Gasteiger partial charge is 0.507 e. The number of aromatic nitrogens is 1. The van der Waals surface area contributed by atoms with Gasteiger partial charge in [0.25, 0.3) is 5.56 Å². The van der Waals surface area contributed by atoms with Crippen molar-refractivity contribution in [2.24, 2.45) is 0 Å². The highest BCUT2D eigenvalue weighted by Gasteiger charge is 2.31. The van der Waals surface area contributed by atoms with Gasteiger partial charge in [-0.25, -0.2) is 4.39 Å². The summed E-state index contributed by atoms with van der Waals surface area (Å²) in [6, 6.07) is 17.8. The zero-order chi connectivity index (χ0) is 23.4. The zero-order valence-corrected chi connectivity index (χ0v) is 19.1. The van der Waals surface area contributed by atoms with Crippen LogP contribution in [0.1, 0.15) is 22.9 Å². The summed E-state index contributed by atoms with van der Waals surface area (Å²) in [5.41, 5.74) is 2.37. The molecule has 1 N–H and O–H groups in total. The van der Waals surface area contributed by atoms with Crippen LogP contribution < -0.4 is 10.5 Å². The summed E-state index contributed by atoms with van der Waals surface area (Å²) < 4.78 is 21.1. The van der Waals surface area contributed by atoms with Crippen LogP contribution in [0.3, 0.4) is 0 Å². The molecule has 1 atom stereocenters. The minimum atomic E-state index is -0.407. The fourth-order valence-electron chi connectivity index (χ4n) is 4.61. The first-order chi connectivity index (χ1) is 16.0. The highest BCUT2D eigenvalue weighted by atomic mass is 19.1. The van der Waals surface area contributed by atoms with E-state index < -0.39 is 6.04 Å². The molecule has 0 unspecified atom stereocenters. The number of ether oxygens (including phenoxy) is 1. The Bertz CT molecular complexity index is 1140. The lowest BCUT2D eigenvalue weighted by atomic mass is 9.96. The number of benzene rings is 2. The van der Waals surface area contributed by atoms with Crippen LogP contribution >= 0.6 is 0 Å². The first-order valence-corrected chi connectivity index (χ1v) is 11.2. The number of rotatable bonds is 7. The van der Waals surface area contributed by atoms with Crippen LogP contribution in [-0.2, 0) is 11.3 Å². The molecule has 0 radical (unpaired) electrons. The van der Waals surface area contributed by atoms with E-state index in [1.54, 1.807) is 29.9 Å². The quantitative estimate of drug-likeness (QED) is 0.595. The minimum Gasteiger partial charge on any atom is -0.507 e. The zero-order valence-electron chi connectivity index (χ0n) is 19.1. The lowest BCUT2D eigenvalue weighted by Gasteiger charge is -2.40. The molecule has 1 aliphatic rings. The van der Waals surface area contributed by atoms with Gasteiger partial charge in [-0.3, -0.25) is 9.69 Å². The molecule has 0 bridgehead atoms. The third kappa shape index (κ3) is 4.79. The van der Waals surface area contributed by atoms with Crippen molar-refractivity contribution in [3.05, 3.63) is 93.7 Å². The minimum absolute atomic E-state index is 0.00319. The molecule has 1 fully saturated rings. The van der Waals surface area contributed by atoms with E-state index in [0.29, 0.717) is 56.3 Å². The van der Waals surface area contributed by atoms with Gasteiger partial charge in [-0.2, -0.15) is 0 Å². The van der Waals surface area contributed by atoms with E-state index >= 15 is 0 Å². The smallest absolute Gasteiger partial charge is 0.259 e. The van der Waals surface area contributed by atoms with Crippen LogP contribution in [0.5, 0.6) is 5.75 Å². The molecule has 6 nitrogen and oxygen atoms in total. The van der Waals surface area contributed by atoms with Crippen molar-refractivity contribution in [1.82, 2.24) is 9.47 Å². The fraction of sp³-hybridized carbons (Fsp3) is 0.346. The molecule has 2 aromatic carbocycles. The molecule has 3 aromatic rings. The summed E-state index contributed by atoms with van der Waals surface area (Å²) >= 11 is 0. The van der Waals surface area contributed by atoms with Gasteiger partial charge in [-0.1, -0.05) is 42.5 Å². The van der Waals surface area contributed by atoms with Gasteiger partial charge in [0.15, 0.2) is 0 Å². The molecule has 7 heteroatoms. The highest BCUT2D eigenvalue weighted by molar-refractivity contribution is 5.48. The highest BCUT2D eigenvalue weighted by Crippen LogP contribution is 2.34. The number of pyridine rings is 1. The number of nitrogens with zero attached hydrogens (tertiary/aromatic N) is 3. The van der Waals surface area contributed by atoms with E-state index in [4.69, 9.17) is 4.74 Å². The maximum absolute atomic E-state index is 14.3. The maximum Gasteiger partial charge on any atom is 0.259 e. The Balaban J connectivity index is 1.70. The second-order valence-electron chi connectivity index (χ2n) is 8.32. The van der Waals surface area contributed by atoms with Gasteiger partial charge in [0.1, 0.15) is 11.6 Å². The Morgan fingerprint density at radius 2 is 1.70 bits per heavy atom. The molecule has 174 valence electrons. The Kier molecular flexibility index (Phi) is 7.11. The van der Waals surface area contributed by atoms with E-state index in [1.807, 2.05) is 48.2 Å². The third-order valence-electron chi connectivity index (χ3n) is 6.30. The van der Waals surface area contributed by atoms with Crippen molar-refractivity contribution in [2.75, 3.05) is 44.8 Å². The summed E-state index contributed by atoms with van der Waals surface area (Å²) in [7, 11) is 1.60. The number of hydrogen-bond donors (Lipinski definition) is 1. The van der Waals surface area contributed by atoms with Crippen LogP contribution in [0.4, 0.5) is 10.1 Å². The van der Waals surface area contributed by atoms with Crippen LogP contribution in [0.2, 0.25) is 0 Å². The van der Waals surface area contributed by atoms with Crippen molar-refractivity contribution >= 4 is 5.69 Å². The number of anilines is 1. The normalized spacial score (nSPS) is 15.5. The van der Waals surface area contributed by atoms with Crippen LogP contribution in [0.15, 0.2) is 65.5 Å². The average Bonchev–Trinajstić information content (AvgIpc) is 2.83. The van der Waals surface area contributed by atoms with Crippen LogP contribution in [0, 0.1) is 12.7 Å². The lowest BCUT2D eigenvalue weighted by molar-refractivity contribution is 0.183. The van der Waals surface area contributed by atoms with Crippen molar-refractivity contribution < 1.29 is 14.2 Å². The predicted octanol–water partition coefficient (Wildman–Crippen LogP) is 3.56. The maximum atomic E-state index is 14.3.